The molecule has 7 heteroatoms. The lowest BCUT2D eigenvalue weighted by Crippen LogP contribution is -2.15. The van der Waals surface area contributed by atoms with Crippen LogP contribution < -0.4 is 5.73 Å². The molecule has 1 aliphatic rings. The number of hydrogen-bond acceptors (Lipinski definition) is 6. The summed E-state index contributed by atoms with van der Waals surface area (Å²) in [5.41, 5.74) is 6.87. The molecule has 0 unspecified atom stereocenters. The van der Waals surface area contributed by atoms with E-state index in [2.05, 4.69) is 15.1 Å². The van der Waals surface area contributed by atoms with E-state index in [1.54, 1.807) is 13.1 Å². The van der Waals surface area contributed by atoms with Crippen LogP contribution in [0.5, 0.6) is 0 Å². The van der Waals surface area contributed by atoms with Gasteiger partial charge in [-0.1, -0.05) is 11.6 Å². The third-order valence-electron chi connectivity index (χ3n) is 3.65. The zero-order valence-electron chi connectivity index (χ0n) is 11.7. The molecule has 2 N–H and O–H groups in total. The summed E-state index contributed by atoms with van der Waals surface area (Å²) < 4.78 is 9.91. The lowest BCUT2D eigenvalue weighted by Gasteiger charge is -2.24. The van der Waals surface area contributed by atoms with Gasteiger partial charge >= 0.3 is 6.09 Å². The molecular formula is C14H16N4O3. The SMILES string of the molecule is C[C@H](OC(N)=O)c1nc(-c2ccnc(C3CCC3)c2)no1. The van der Waals surface area contributed by atoms with Gasteiger partial charge < -0.3 is 15.0 Å². The van der Waals surface area contributed by atoms with Crippen molar-refractivity contribution in [1.82, 2.24) is 15.1 Å². The fraction of sp³-hybridized carbons (Fsp3) is 0.429. The molecule has 0 aromatic carbocycles. The molecule has 1 fully saturated rings. The van der Waals surface area contributed by atoms with E-state index < -0.39 is 12.2 Å². The van der Waals surface area contributed by atoms with Crippen molar-refractivity contribution in [1.29, 1.82) is 0 Å². The molecule has 0 bridgehead atoms. The summed E-state index contributed by atoms with van der Waals surface area (Å²) in [6.07, 6.45) is 3.82. The summed E-state index contributed by atoms with van der Waals surface area (Å²) in [6.45, 7) is 1.62. The number of carbonyl (C=O) groups excluding carboxylic acids is 1. The minimum absolute atomic E-state index is 0.214. The summed E-state index contributed by atoms with van der Waals surface area (Å²) in [7, 11) is 0. The highest BCUT2D eigenvalue weighted by molar-refractivity contribution is 5.64. The number of nitrogens with zero attached hydrogens (tertiary/aromatic N) is 3. The van der Waals surface area contributed by atoms with Crippen molar-refractivity contribution in [2.45, 2.75) is 38.2 Å². The molecule has 0 aliphatic heterocycles. The Hall–Kier alpha value is -2.44. The predicted molar refractivity (Wildman–Crippen MR) is 73.2 cm³/mol. The summed E-state index contributed by atoms with van der Waals surface area (Å²) in [6, 6.07) is 3.81. The Morgan fingerprint density at radius 2 is 2.33 bits per heavy atom. The molecule has 0 radical (unpaired) electrons. The highest BCUT2D eigenvalue weighted by Gasteiger charge is 2.22. The van der Waals surface area contributed by atoms with Gasteiger partial charge in [0.05, 0.1) is 0 Å². The quantitative estimate of drug-likeness (QED) is 0.927. The van der Waals surface area contributed by atoms with Crippen molar-refractivity contribution < 1.29 is 14.1 Å². The first-order valence-electron chi connectivity index (χ1n) is 6.89. The zero-order valence-corrected chi connectivity index (χ0v) is 11.7. The molecule has 2 heterocycles. The first-order chi connectivity index (χ1) is 10.1. The van der Waals surface area contributed by atoms with E-state index in [1.165, 1.54) is 19.3 Å². The van der Waals surface area contributed by atoms with E-state index in [9.17, 15) is 4.79 Å². The van der Waals surface area contributed by atoms with Gasteiger partial charge in [-0.05, 0) is 31.9 Å². The highest BCUT2D eigenvalue weighted by Crippen LogP contribution is 2.36. The number of primary amides is 1. The van der Waals surface area contributed by atoms with Crippen molar-refractivity contribution in [3.05, 3.63) is 29.9 Å². The van der Waals surface area contributed by atoms with E-state index in [0.717, 1.165) is 11.3 Å². The lowest BCUT2D eigenvalue weighted by molar-refractivity contribution is 0.0959. The molecule has 7 nitrogen and oxygen atoms in total. The average molecular weight is 288 g/mol. The second-order valence-corrected chi connectivity index (χ2v) is 5.13. The molecule has 0 spiro atoms. The van der Waals surface area contributed by atoms with Gasteiger partial charge in [0, 0.05) is 23.4 Å². The maximum Gasteiger partial charge on any atom is 0.405 e. The van der Waals surface area contributed by atoms with Gasteiger partial charge in [-0.15, -0.1) is 0 Å². The Morgan fingerprint density at radius 1 is 1.52 bits per heavy atom. The van der Waals surface area contributed by atoms with Crippen LogP contribution in [0.15, 0.2) is 22.9 Å². The number of pyridine rings is 1. The molecule has 2 aromatic rings. The number of hydrogen-bond donors (Lipinski definition) is 1. The minimum Gasteiger partial charge on any atom is -0.437 e. The molecule has 3 rings (SSSR count). The standard InChI is InChI=1S/C14H16N4O3/c1-8(20-14(15)19)13-17-12(18-21-13)10-5-6-16-11(7-10)9-3-2-4-9/h5-9H,2-4H2,1H3,(H2,15,19)/t8-/m0/s1. The van der Waals surface area contributed by atoms with E-state index in [4.69, 9.17) is 15.0 Å². The van der Waals surface area contributed by atoms with Crippen LogP contribution in [0, 0.1) is 0 Å². The van der Waals surface area contributed by atoms with Crippen molar-refractivity contribution in [2.75, 3.05) is 0 Å². The Kier molecular flexibility index (Phi) is 3.55. The van der Waals surface area contributed by atoms with Gasteiger partial charge in [-0.3, -0.25) is 4.98 Å². The third kappa shape index (κ3) is 2.86. The van der Waals surface area contributed by atoms with Crippen LogP contribution in [-0.4, -0.2) is 21.2 Å². The van der Waals surface area contributed by atoms with Crippen LogP contribution in [0.4, 0.5) is 4.79 Å². The fourth-order valence-electron chi connectivity index (χ4n) is 2.26. The summed E-state index contributed by atoms with van der Waals surface area (Å²) in [5.74, 6) is 1.20. The monoisotopic (exact) mass is 288 g/mol. The second-order valence-electron chi connectivity index (χ2n) is 5.13. The smallest absolute Gasteiger partial charge is 0.405 e. The maximum atomic E-state index is 10.7. The number of ether oxygens (including phenoxy) is 1. The van der Waals surface area contributed by atoms with Gasteiger partial charge in [0.15, 0.2) is 6.10 Å². The topological polar surface area (TPSA) is 104 Å². The second kappa shape index (κ2) is 5.51. The Balaban J connectivity index is 1.80. The molecule has 21 heavy (non-hydrogen) atoms. The van der Waals surface area contributed by atoms with E-state index in [0.29, 0.717) is 11.7 Å². The Bertz CT molecular complexity index is 651. The van der Waals surface area contributed by atoms with Gasteiger partial charge in [0.25, 0.3) is 5.89 Å². The highest BCUT2D eigenvalue weighted by atomic mass is 16.6. The molecule has 1 atom stereocenters. The number of carbonyl (C=O) groups is 1. The lowest BCUT2D eigenvalue weighted by atomic mass is 9.82. The molecule has 110 valence electrons. The minimum atomic E-state index is -0.876. The van der Waals surface area contributed by atoms with Gasteiger partial charge in [-0.25, -0.2) is 4.79 Å². The number of aromatic nitrogens is 3. The van der Waals surface area contributed by atoms with E-state index >= 15 is 0 Å². The largest absolute Gasteiger partial charge is 0.437 e. The molecule has 1 aliphatic carbocycles. The van der Waals surface area contributed by atoms with Crippen LogP contribution in [0.25, 0.3) is 11.4 Å². The normalized spacial score (nSPS) is 16.2. The number of rotatable bonds is 4. The fourth-order valence-corrected chi connectivity index (χ4v) is 2.26. The predicted octanol–water partition coefficient (Wildman–Crippen LogP) is 2.56. The van der Waals surface area contributed by atoms with Crippen LogP contribution >= 0.6 is 0 Å². The van der Waals surface area contributed by atoms with Crippen molar-refractivity contribution in [2.24, 2.45) is 5.73 Å². The summed E-state index contributed by atoms with van der Waals surface area (Å²) in [4.78, 5) is 19.4. The first-order valence-corrected chi connectivity index (χ1v) is 6.89. The van der Waals surface area contributed by atoms with Crippen molar-refractivity contribution >= 4 is 6.09 Å². The van der Waals surface area contributed by atoms with E-state index in [-0.39, 0.29) is 5.89 Å². The molecule has 1 saturated carbocycles. The third-order valence-corrected chi connectivity index (χ3v) is 3.65. The molecule has 0 saturated heterocycles. The maximum absolute atomic E-state index is 10.7. The number of amides is 1. The van der Waals surface area contributed by atoms with Gasteiger partial charge in [0.1, 0.15) is 0 Å². The molecule has 1 amide bonds. The van der Waals surface area contributed by atoms with E-state index in [1.807, 2.05) is 12.1 Å². The average Bonchev–Trinajstić information content (AvgIpc) is 2.86. The first kappa shape index (κ1) is 13.5. The Morgan fingerprint density at radius 3 is 3.00 bits per heavy atom. The van der Waals surface area contributed by atoms with Gasteiger partial charge in [0.2, 0.25) is 5.82 Å². The van der Waals surface area contributed by atoms with Crippen LogP contribution in [0.1, 0.15) is 49.8 Å². The van der Waals surface area contributed by atoms with Gasteiger partial charge in [-0.2, -0.15) is 4.98 Å². The summed E-state index contributed by atoms with van der Waals surface area (Å²) in [5, 5.41) is 3.91. The van der Waals surface area contributed by atoms with Crippen LogP contribution in [0.2, 0.25) is 0 Å². The molecule has 2 aromatic heterocycles. The van der Waals surface area contributed by atoms with Crippen LogP contribution in [-0.2, 0) is 4.74 Å². The van der Waals surface area contributed by atoms with Crippen LogP contribution in [0.3, 0.4) is 0 Å². The Labute approximate surface area is 121 Å². The van der Waals surface area contributed by atoms with Crippen molar-refractivity contribution in [3.63, 3.8) is 0 Å². The zero-order chi connectivity index (χ0) is 14.8. The molecular weight excluding hydrogens is 272 g/mol. The number of nitrogens with two attached hydrogens (primary N) is 1. The van der Waals surface area contributed by atoms with Crippen molar-refractivity contribution in [3.8, 4) is 11.4 Å². The summed E-state index contributed by atoms with van der Waals surface area (Å²) >= 11 is 0.